The zero-order valence-corrected chi connectivity index (χ0v) is 42.3. The molecule has 0 aliphatic carbocycles. The topological polar surface area (TPSA) is 266 Å². The first-order valence-electron chi connectivity index (χ1n) is 22.6. The van der Waals surface area contributed by atoms with Crippen LogP contribution in [0.3, 0.4) is 0 Å². The summed E-state index contributed by atoms with van der Waals surface area (Å²) in [6.45, 7) is 19.5. The van der Waals surface area contributed by atoms with E-state index in [4.69, 9.17) is 14.4 Å². The molecule has 1 aliphatic rings. The molecule has 0 saturated carbocycles. The summed E-state index contributed by atoms with van der Waals surface area (Å²) in [6.07, 6.45) is 5.62. The number of unbranched alkanes of at least 4 members (excludes halogenated alkanes) is 1. The number of pyridine rings is 2. The largest absolute Gasteiger partial charge is 4.00 e. The number of hydrogen-bond donors (Lipinski definition) is 6. The summed E-state index contributed by atoms with van der Waals surface area (Å²) in [5, 5.41) is 23.6. The number of carboxylic acid groups (broad SMARTS) is 1. The minimum Gasteiger partial charge on any atom is -0.545 e. The van der Waals surface area contributed by atoms with Crippen LogP contribution in [-0.2, 0) is 78.0 Å². The van der Waals surface area contributed by atoms with E-state index < -0.39 is 54.3 Å². The summed E-state index contributed by atoms with van der Waals surface area (Å²) >= 11 is 0. The van der Waals surface area contributed by atoms with Gasteiger partial charge in [-0.25, -0.2) is 4.79 Å². The molecule has 0 spiro atoms. The van der Waals surface area contributed by atoms with E-state index in [0.717, 1.165) is 29.8 Å². The Kier molecular flexibility index (Phi) is 30.0. The molecule has 0 bridgehead atoms. The van der Waals surface area contributed by atoms with Crippen LogP contribution >= 0.6 is 0 Å². The molecule has 5 rings (SSSR count). The number of nitrogens with one attached hydrogen (secondary N) is 5. The molecule has 0 unspecified atom stereocenters. The van der Waals surface area contributed by atoms with Gasteiger partial charge in [0.2, 0.25) is 23.6 Å². The molecule has 19 nitrogen and oxygen atoms in total. The third-order valence-electron chi connectivity index (χ3n) is 11.1. The maximum atomic E-state index is 14.1. The fourth-order valence-corrected chi connectivity index (χ4v) is 7.61. The van der Waals surface area contributed by atoms with Gasteiger partial charge in [0.25, 0.3) is 0 Å². The maximum absolute atomic E-state index is 14.1. The Labute approximate surface area is 429 Å². The second-order valence-corrected chi connectivity index (χ2v) is 16.6. The number of anilines is 2. The molecule has 1 fully saturated rings. The molecule has 1 radical (unpaired) electrons. The second kappa shape index (κ2) is 34.3. The van der Waals surface area contributed by atoms with Crippen LogP contribution < -0.4 is 26.6 Å². The molecule has 2 aromatic heterocycles. The number of benzene rings is 2. The number of para-hydroxylation sites is 1. The predicted octanol–water partition coefficient (Wildman–Crippen LogP) is 4.62. The smallest absolute Gasteiger partial charge is 0.545 e. The van der Waals surface area contributed by atoms with Gasteiger partial charge >= 0.3 is 32.1 Å². The number of aryl methyl sites for hydroxylation is 1. The van der Waals surface area contributed by atoms with E-state index in [1.807, 2.05) is 68.4 Å². The maximum Gasteiger partial charge on any atom is 4.00 e. The van der Waals surface area contributed by atoms with E-state index in [9.17, 15) is 33.9 Å². The van der Waals surface area contributed by atoms with Gasteiger partial charge in [-0.3, -0.25) is 59.2 Å². The molecule has 379 valence electrons. The summed E-state index contributed by atoms with van der Waals surface area (Å²) in [5.41, 5.74) is 4.48. The zero-order chi connectivity index (χ0) is 52.0. The van der Waals surface area contributed by atoms with Gasteiger partial charge in [-0.05, 0) is 112 Å². The minimum absolute atomic E-state index is 0. The molecule has 4 atom stereocenters. The van der Waals surface area contributed by atoms with Crippen molar-refractivity contribution >= 4 is 67.4 Å². The van der Waals surface area contributed by atoms with Crippen LogP contribution in [0.5, 0.6) is 0 Å². The van der Waals surface area contributed by atoms with E-state index in [1.165, 1.54) is 0 Å². The number of urea groups is 1. The molecule has 1 aliphatic heterocycles. The number of hydrogen-bond acceptors (Lipinski definition) is 12. The van der Waals surface area contributed by atoms with Crippen molar-refractivity contribution < 1.29 is 68.4 Å². The van der Waals surface area contributed by atoms with E-state index in [2.05, 4.69) is 61.8 Å². The van der Waals surface area contributed by atoms with Gasteiger partial charge in [0.05, 0.1) is 24.2 Å². The first-order valence-corrected chi connectivity index (χ1v) is 22.6. The number of amides is 6. The average Bonchev–Trinajstić information content (AvgIpc) is 3.80. The predicted molar refractivity (Wildman–Crippen MR) is 264 cm³/mol. The van der Waals surface area contributed by atoms with Crippen molar-refractivity contribution in [1.29, 1.82) is 0 Å². The number of carboxylic acids is 1. The quantitative estimate of drug-likeness (QED) is 0.0357. The first kappa shape index (κ1) is 62.0. The second-order valence-electron chi connectivity index (χ2n) is 16.6. The van der Waals surface area contributed by atoms with Gasteiger partial charge in [-0.1, -0.05) is 56.3 Å². The van der Waals surface area contributed by atoms with Crippen LogP contribution in [0.2, 0.25) is 0 Å². The van der Waals surface area contributed by atoms with Crippen LogP contribution in [-0.4, -0.2) is 118 Å². The molecule has 2 aromatic carbocycles. The standard InChI is InChI=1S/C48H61N9O7.3CHO.Tc/c1-32(2)44(47(63)57-27-13-15-34(57)4)55-46(62)41(29-43(59)60)53-45(61)40(19-9-12-26-56(30-37-16-7-10-24-49-37)31-38-17-8-11-25-50-38)52-42(58)28-35-20-22-36(23-21-35)51-48(64)54-39-18-6-5-14-33(39)3;3*1-2;/h5-8,10-11,14,16-18,20-25,32,34,40-41,44H,9,12-13,15,19,26-31H2,1-4H3,(H,52,58)(H,53,61)(H,55,62)(H,59,60)(H2,51,54,64);3*1H;/q;3*-1;+4/t34-,40+,41+,44+;;;;/m1..../s1. The summed E-state index contributed by atoms with van der Waals surface area (Å²) in [4.78, 5) is 116. The van der Waals surface area contributed by atoms with Crippen LogP contribution in [0.15, 0.2) is 97.3 Å². The number of rotatable bonds is 22. The Morgan fingerprint density at radius 1 is 0.746 bits per heavy atom. The van der Waals surface area contributed by atoms with Crippen molar-refractivity contribution in [2.45, 2.75) is 110 Å². The van der Waals surface area contributed by atoms with Crippen LogP contribution in [0.25, 0.3) is 0 Å². The van der Waals surface area contributed by atoms with E-state index >= 15 is 0 Å². The fourth-order valence-electron chi connectivity index (χ4n) is 7.61. The average molecular weight is 1060 g/mol. The molecule has 3 heterocycles. The fraction of sp³-hybridized carbons (Fsp3) is 0.392. The summed E-state index contributed by atoms with van der Waals surface area (Å²) in [7, 11) is 0. The van der Waals surface area contributed by atoms with Crippen LogP contribution in [0, 0.1) is 12.8 Å². The van der Waals surface area contributed by atoms with Gasteiger partial charge < -0.3 is 51.0 Å². The van der Waals surface area contributed by atoms with Crippen LogP contribution in [0.1, 0.15) is 81.8 Å². The van der Waals surface area contributed by atoms with Crippen molar-refractivity contribution in [1.82, 2.24) is 35.7 Å². The van der Waals surface area contributed by atoms with Crippen molar-refractivity contribution in [2.24, 2.45) is 5.92 Å². The van der Waals surface area contributed by atoms with Crippen molar-refractivity contribution in [3.63, 3.8) is 0 Å². The molecule has 71 heavy (non-hydrogen) atoms. The Balaban J connectivity index is 0.00000346. The molecule has 1 saturated heterocycles. The molecule has 20 heteroatoms. The van der Waals surface area contributed by atoms with Gasteiger partial charge in [0.1, 0.15) is 18.1 Å². The monoisotopic (exact) mass is 1060 g/mol. The molecular weight excluding hydrogens is 997 g/mol. The molecule has 6 N–H and O–H groups in total. The first-order chi connectivity index (χ1) is 33.7. The Hall–Kier alpha value is -7.02. The number of carbonyl (C=O) groups is 6. The third-order valence-corrected chi connectivity index (χ3v) is 11.1. The van der Waals surface area contributed by atoms with E-state index in [0.29, 0.717) is 56.0 Å². The van der Waals surface area contributed by atoms with Crippen molar-refractivity contribution in [3.05, 3.63) is 120 Å². The summed E-state index contributed by atoms with van der Waals surface area (Å²) in [6, 6.07) is 21.6. The van der Waals surface area contributed by atoms with E-state index in [-0.39, 0.29) is 50.8 Å². The zero-order valence-electron chi connectivity index (χ0n) is 40.4. The number of carbonyl (C=O) groups excluding carboxylic acids is 8. The van der Waals surface area contributed by atoms with Gasteiger partial charge in [0, 0.05) is 49.4 Å². The third kappa shape index (κ3) is 22.1. The van der Waals surface area contributed by atoms with Crippen LogP contribution in [0.4, 0.5) is 16.2 Å². The molecule has 6 amide bonds. The SMILES string of the molecule is Cc1ccccc1NC(=O)Nc1ccc(CC(=O)N[C@@H](CCCCN(Cc2ccccn2)Cc2ccccn2)C(=O)N[C@@H](CC(=O)O)C(=O)N[C@H](C(=O)N2CCC[C@H]2C)C(C)C)cc1.[CH-]=O.[CH-]=O.[CH-]=O.[Tc+4]. The van der Waals surface area contributed by atoms with Crippen molar-refractivity contribution in [3.8, 4) is 0 Å². The normalized spacial score (nSPS) is 13.6. The molecule has 4 aromatic rings. The van der Waals surface area contributed by atoms with E-state index in [1.54, 1.807) is 61.5 Å². The Bertz CT molecular complexity index is 2200. The number of aliphatic carboxylic acids is 1. The Morgan fingerprint density at radius 3 is 1.85 bits per heavy atom. The van der Waals surface area contributed by atoms with Gasteiger partial charge in [-0.2, -0.15) is 0 Å². The minimum atomic E-state index is -1.52. The number of aromatic nitrogens is 2. The van der Waals surface area contributed by atoms with Gasteiger partial charge in [-0.15, -0.1) is 0 Å². The van der Waals surface area contributed by atoms with Gasteiger partial charge in [0.15, 0.2) is 0 Å². The number of likely N-dealkylation sites (tertiary alicyclic amines) is 1. The molecular formula is C51H64N9O10Tc+. The summed E-state index contributed by atoms with van der Waals surface area (Å²) in [5.74, 6) is -3.90. The number of nitrogens with zero attached hydrogens (tertiary/aromatic N) is 4. The Morgan fingerprint density at radius 2 is 1.32 bits per heavy atom. The van der Waals surface area contributed by atoms with Crippen molar-refractivity contribution in [2.75, 3.05) is 23.7 Å². The summed E-state index contributed by atoms with van der Waals surface area (Å²) < 4.78 is 0.